The van der Waals surface area contributed by atoms with E-state index in [4.69, 9.17) is 0 Å². The topological polar surface area (TPSA) is 40.6 Å². The van der Waals surface area contributed by atoms with Gasteiger partial charge in [0, 0.05) is 31.5 Å². The summed E-state index contributed by atoms with van der Waals surface area (Å²) in [7, 11) is 0. The van der Waals surface area contributed by atoms with Crippen molar-refractivity contribution in [3.63, 3.8) is 0 Å². The number of hydrogen-bond acceptors (Lipinski definition) is 2. The predicted molar refractivity (Wildman–Crippen MR) is 182 cm³/mol. The fraction of sp³-hybridized carbons (Fsp3) is 0.650. The highest BCUT2D eigenvalue weighted by molar-refractivity contribution is 6.06. The fourth-order valence-corrected chi connectivity index (χ4v) is 9.86. The standard InChI is InChI=1S/C40H54N2O2/c1-38(2,3)30-18-29(19-31(20-30)39(4,5)6)37-33(41-13-9-7-11-35(41)43)21-32(22-34(37)42-14-10-8-12-36(42)44)40-23-26-15-27(24-40)17-28(16-26)25-40/h18-22,26-28H,7-17,23-25H2,1-6H3. The van der Waals surface area contributed by atoms with Gasteiger partial charge in [-0.15, -0.1) is 0 Å². The summed E-state index contributed by atoms with van der Waals surface area (Å²) in [4.78, 5) is 31.8. The highest BCUT2D eigenvalue weighted by atomic mass is 16.2. The Kier molecular flexibility index (Phi) is 7.33. The molecule has 236 valence electrons. The number of rotatable bonds is 4. The lowest BCUT2D eigenvalue weighted by atomic mass is 9.48. The molecular weight excluding hydrogens is 540 g/mol. The van der Waals surface area contributed by atoms with Gasteiger partial charge in [-0.25, -0.2) is 0 Å². The van der Waals surface area contributed by atoms with Gasteiger partial charge >= 0.3 is 0 Å². The van der Waals surface area contributed by atoms with Crippen molar-refractivity contribution in [3.8, 4) is 11.1 Å². The van der Waals surface area contributed by atoms with E-state index in [2.05, 4.69) is 81.7 Å². The number of nitrogens with zero attached hydrogens (tertiary/aromatic N) is 2. The SMILES string of the molecule is CC(C)(C)c1cc(-c2c(N3CCCCC3=O)cc(C34CC5CC(CC(C5)C3)C4)cc2N2CCCCC2=O)cc(C(C)(C)C)c1. The molecule has 44 heavy (non-hydrogen) atoms. The van der Waals surface area contributed by atoms with Crippen LogP contribution < -0.4 is 9.80 Å². The van der Waals surface area contributed by atoms with Gasteiger partial charge in [0.1, 0.15) is 0 Å². The number of anilines is 2. The van der Waals surface area contributed by atoms with Gasteiger partial charge in [-0.3, -0.25) is 9.59 Å². The Morgan fingerprint density at radius 1 is 0.614 bits per heavy atom. The van der Waals surface area contributed by atoms with Gasteiger partial charge in [0.15, 0.2) is 0 Å². The van der Waals surface area contributed by atoms with Crippen LogP contribution in [0.3, 0.4) is 0 Å². The van der Waals surface area contributed by atoms with Gasteiger partial charge in [-0.1, -0.05) is 59.7 Å². The lowest BCUT2D eigenvalue weighted by Crippen LogP contribution is -2.48. The van der Waals surface area contributed by atoms with Crippen molar-refractivity contribution in [1.82, 2.24) is 0 Å². The van der Waals surface area contributed by atoms with Gasteiger partial charge in [-0.05, 0) is 133 Å². The second-order valence-corrected chi connectivity index (χ2v) is 17.4. The maximum atomic E-state index is 13.8. The Labute approximate surface area is 266 Å². The van der Waals surface area contributed by atoms with Crippen LogP contribution in [0, 0.1) is 17.8 Å². The Hall–Kier alpha value is -2.62. The van der Waals surface area contributed by atoms with E-state index >= 15 is 0 Å². The van der Waals surface area contributed by atoms with Crippen LogP contribution in [0.4, 0.5) is 11.4 Å². The van der Waals surface area contributed by atoms with Gasteiger partial charge in [-0.2, -0.15) is 0 Å². The molecule has 2 aromatic carbocycles. The molecule has 6 fully saturated rings. The number of carbonyl (C=O) groups excluding carboxylic acids is 2. The molecule has 0 radical (unpaired) electrons. The maximum absolute atomic E-state index is 13.8. The Bertz CT molecular complexity index is 1350. The van der Waals surface area contributed by atoms with Crippen LogP contribution in [0.25, 0.3) is 11.1 Å². The number of piperidine rings is 2. The monoisotopic (exact) mass is 594 g/mol. The molecule has 4 heteroatoms. The summed E-state index contributed by atoms with van der Waals surface area (Å²) in [5.41, 5.74) is 8.50. The lowest BCUT2D eigenvalue weighted by Gasteiger charge is -2.57. The molecule has 0 N–H and O–H groups in total. The molecule has 0 atom stereocenters. The highest BCUT2D eigenvalue weighted by Crippen LogP contribution is 2.62. The van der Waals surface area contributed by atoms with Crippen molar-refractivity contribution in [1.29, 1.82) is 0 Å². The number of hydrogen-bond donors (Lipinski definition) is 0. The van der Waals surface area contributed by atoms with E-state index in [1.165, 1.54) is 55.2 Å². The summed E-state index contributed by atoms with van der Waals surface area (Å²) in [6.07, 6.45) is 13.2. The zero-order chi connectivity index (χ0) is 31.0. The summed E-state index contributed by atoms with van der Waals surface area (Å²) in [6.45, 7) is 15.3. The smallest absolute Gasteiger partial charge is 0.226 e. The zero-order valence-electron chi connectivity index (χ0n) is 28.2. The van der Waals surface area contributed by atoms with Crippen molar-refractivity contribution >= 4 is 23.2 Å². The minimum atomic E-state index is -0.0304. The molecule has 2 aromatic rings. The molecule has 2 saturated heterocycles. The second kappa shape index (κ2) is 10.7. The van der Waals surface area contributed by atoms with E-state index in [9.17, 15) is 9.59 Å². The predicted octanol–water partition coefficient (Wildman–Crippen LogP) is 9.45. The molecule has 6 aliphatic rings. The molecule has 0 aromatic heterocycles. The molecule has 4 bridgehead atoms. The highest BCUT2D eigenvalue weighted by Gasteiger charge is 2.52. The van der Waals surface area contributed by atoms with Crippen LogP contribution in [0.5, 0.6) is 0 Å². The lowest BCUT2D eigenvalue weighted by molar-refractivity contribution is -0.120. The second-order valence-electron chi connectivity index (χ2n) is 17.4. The van der Waals surface area contributed by atoms with Gasteiger partial charge < -0.3 is 9.80 Å². The average Bonchev–Trinajstić information content (AvgIpc) is 2.95. The maximum Gasteiger partial charge on any atom is 0.226 e. The molecule has 4 aliphatic carbocycles. The van der Waals surface area contributed by atoms with Crippen LogP contribution in [-0.2, 0) is 25.8 Å². The first-order valence-corrected chi connectivity index (χ1v) is 17.8. The van der Waals surface area contributed by atoms with Crippen molar-refractivity contribution in [2.45, 2.75) is 135 Å². The third kappa shape index (κ3) is 5.32. The average molecular weight is 595 g/mol. The van der Waals surface area contributed by atoms with Crippen molar-refractivity contribution < 1.29 is 9.59 Å². The molecule has 2 amide bonds. The van der Waals surface area contributed by atoms with Crippen LogP contribution in [-0.4, -0.2) is 24.9 Å². The third-order valence-corrected chi connectivity index (χ3v) is 11.9. The molecule has 2 aliphatic heterocycles. The molecule has 4 nitrogen and oxygen atoms in total. The van der Waals surface area contributed by atoms with Crippen molar-refractivity contribution in [2.24, 2.45) is 17.8 Å². The van der Waals surface area contributed by atoms with E-state index in [0.717, 1.165) is 79.0 Å². The minimum Gasteiger partial charge on any atom is -0.312 e. The molecule has 4 saturated carbocycles. The summed E-state index contributed by atoms with van der Waals surface area (Å²) < 4.78 is 0. The van der Waals surface area contributed by atoms with E-state index < -0.39 is 0 Å². The van der Waals surface area contributed by atoms with Crippen molar-refractivity contribution in [2.75, 3.05) is 22.9 Å². The van der Waals surface area contributed by atoms with E-state index in [0.29, 0.717) is 12.8 Å². The number of amides is 2. The summed E-state index contributed by atoms with van der Waals surface area (Å²) >= 11 is 0. The minimum absolute atomic E-state index is 0.0304. The normalized spacial score (nSPS) is 29.1. The van der Waals surface area contributed by atoms with E-state index in [1.807, 2.05) is 0 Å². The van der Waals surface area contributed by atoms with Crippen LogP contribution in [0.15, 0.2) is 30.3 Å². The van der Waals surface area contributed by atoms with E-state index in [-0.39, 0.29) is 28.1 Å². The van der Waals surface area contributed by atoms with Gasteiger partial charge in [0.25, 0.3) is 0 Å². The molecule has 8 rings (SSSR count). The summed E-state index contributed by atoms with van der Waals surface area (Å²) in [5, 5.41) is 0. The number of carbonyl (C=O) groups is 2. The fourth-order valence-electron chi connectivity index (χ4n) is 9.86. The number of benzene rings is 2. The first kappa shape index (κ1) is 30.1. The molecule has 0 unspecified atom stereocenters. The van der Waals surface area contributed by atoms with Crippen LogP contribution in [0.2, 0.25) is 0 Å². The van der Waals surface area contributed by atoms with Gasteiger partial charge in [0.2, 0.25) is 11.8 Å². The third-order valence-electron chi connectivity index (χ3n) is 11.9. The van der Waals surface area contributed by atoms with Gasteiger partial charge in [0.05, 0.1) is 11.4 Å². The van der Waals surface area contributed by atoms with Crippen LogP contribution >= 0.6 is 0 Å². The first-order valence-electron chi connectivity index (χ1n) is 17.8. The van der Waals surface area contributed by atoms with E-state index in [1.54, 1.807) is 0 Å². The summed E-state index contributed by atoms with van der Waals surface area (Å²) in [5.74, 6) is 2.97. The molecule has 2 heterocycles. The summed E-state index contributed by atoms with van der Waals surface area (Å²) in [6, 6.07) is 12.0. The molecule has 0 spiro atoms. The van der Waals surface area contributed by atoms with Crippen molar-refractivity contribution in [3.05, 3.63) is 47.0 Å². The Balaban J connectivity index is 1.51. The van der Waals surface area contributed by atoms with Crippen LogP contribution in [0.1, 0.15) is 135 Å². The Morgan fingerprint density at radius 2 is 1.05 bits per heavy atom. The first-order chi connectivity index (χ1) is 20.8. The zero-order valence-corrected chi connectivity index (χ0v) is 28.2. The largest absolute Gasteiger partial charge is 0.312 e. The quantitative estimate of drug-likeness (QED) is 0.354. The molecular formula is C40H54N2O2. The Morgan fingerprint density at radius 3 is 1.43 bits per heavy atom.